The minimum atomic E-state index is -0.837. The molecule has 0 unspecified atom stereocenters. The average Bonchev–Trinajstić information content (AvgIpc) is 2.03. The van der Waals surface area contributed by atoms with E-state index >= 15 is 0 Å². The first-order chi connectivity index (χ1) is 6.06. The van der Waals surface area contributed by atoms with Crippen molar-refractivity contribution in [2.24, 2.45) is 0 Å². The highest BCUT2D eigenvalue weighted by Gasteiger charge is 2.07. The standard InChI is InChI=1S/C6H8N4O3/c1-3(11)10-6(13)8-5(12)4(7-2)9-10/h1-2H3,(H,7,9)(H,8,12,13). The summed E-state index contributed by atoms with van der Waals surface area (Å²) in [5.41, 5.74) is -1.48. The Bertz CT molecular complexity index is 444. The second-order valence-corrected chi connectivity index (χ2v) is 2.29. The highest BCUT2D eigenvalue weighted by atomic mass is 16.2. The van der Waals surface area contributed by atoms with Gasteiger partial charge in [-0.15, -0.1) is 9.78 Å². The van der Waals surface area contributed by atoms with Gasteiger partial charge < -0.3 is 5.32 Å². The summed E-state index contributed by atoms with van der Waals surface area (Å²) in [6.07, 6.45) is 0. The molecule has 1 aromatic rings. The molecule has 0 aromatic carbocycles. The zero-order valence-electron chi connectivity index (χ0n) is 7.12. The van der Waals surface area contributed by atoms with E-state index in [4.69, 9.17) is 0 Å². The van der Waals surface area contributed by atoms with Crippen LogP contribution >= 0.6 is 0 Å². The molecule has 1 heterocycles. The monoisotopic (exact) mass is 184 g/mol. The van der Waals surface area contributed by atoms with Crippen molar-refractivity contribution in [3.63, 3.8) is 0 Å². The molecule has 0 aliphatic carbocycles. The van der Waals surface area contributed by atoms with Gasteiger partial charge in [0.05, 0.1) is 0 Å². The van der Waals surface area contributed by atoms with E-state index in [1.807, 2.05) is 4.98 Å². The predicted octanol–water partition coefficient (Wildman–Crippen LogP) is -1.37. The van der Waals surface area contributed by atoms with Gasteiger partial charge in [0.1, 0.15) is 0 Å². The highest BCUT2D eigenvalue weighted by Crippen LogP contribution is 1.84. The van der Waals surface area contributed by atoms with Crippen LogP contribution in [0.4, 0.5) is 5.82 Å². The molecule has 0 amide bonds. The van der Waals surface area contributed by atoms with Crippen LogP contribution < -0.4 is 16.6 Å². The van der Waals surface area contributed by atoms with E-state index in [1.165, 1.54) is 14.0 Å². The molecule has 0 saturated heterocycles. The Hall–Kier alpha value is -1.92. The van der Waals surface area contributed by atoms with Crippen molar-refractivity contribution in [3.8, 4) is 0 Å². The first-order valence-electron chi connectivity index (χ1n) is 3.48. The molecule has 7 heteroatoms. The third kappa shape index (κ3) is 1.63. The zero-order chi connectivity index (χ0) is 10.0. The maximum atomic E-state index is 10.9. The summed E-state index contributed by atoms with van der Waals surface area (Å²) in [6, 6.07) is 0. The summed E-state index contributed by atoms with van der Waals surface area (Å²) in [4.78, 5) is 34.6. The molecule has 2 N–H and O–H groups in total. The number of carbonyl (C=O) groups is 1. The van der Waals surface area contributed by atoms with Crippen molar-refractivity contribution in [2.45, 2.75) is 6.92 Å². The van der Waals surface area contributed by atoms with Gasteiger partial charge in [-0.3, -0.25) is 14.6 Å². The van der Waals surface area contributed by atoms with Crippen LogP contribution in [-0.2, 0) is 0 Å². The fourth-order valence-corrected chi connectivity index (χ4v) is 0.777. The largest absolute Gasteiger partial charge is 0.367 e. The van der Waals surface area contributed by atoms with Crippen LogP contribution in [0.15, 0.2) is 9.59 Å². The van der Waals surface area contributed by atoms with E-state index in [1.54, 1.807) is 0 Å². The van der Waals surface area contributed by atoms with Crippen molar-refractivity contribution in [1.29, 1.82) is 0 Å². The van der Waals surface area contributed by atoms with E-state index in [9.17, 15) is 14.4 Å². The molecule has 1 aromatic heterocycles. The van der Waals surface area contributed by atoms with Crippen LogP contribution in [0.25, 0.3) is 0 Å². The first-order valence-corrected chi connectivity index (χ1v) is 3.48. The van der Waals surface area contributed by atoms with Gasteiger partial charge in [-0.05, 0) is 0 Å². The molecule has 13 heavy (non-hydrogen) atoms. The average molecular weight is 184 g/mol. The van der Waals surface area contributed by atoms with Crippen molar-refractivity contribution >= 4 is 11.7 Å². The summed E-state index contributed by atoms with van der Waals surface area (Å²) in [7, 11) is 1.46. The van der Waals surface area contributed by atoms with Crippen LogP contribution in [-0.4, -0.2) is 27.7 Å². The Kier molecular flexibility index (Phi) is 2.27. The van der Waals surface area contributed by atoms with Crippen LogP contribution in [0.5, 0.6) is 0 Å². The molecule has 0 atom stereocenters. The molecule has 0 fully saturated rings. The lowest BCUT2D eigenvalue weighted by Gasteiger charge is -2.00. The minimum absolute atomic E-state index is 0.0743. The smallest absolute Gasteiger partial charge is 0.352 e. The molecular weight excluding hydrogens is 176 g/mol. The van der Waals surface area contributed by atoms with Crippen molar-refractivity contribution in [1.82, 2.24) is 14.8 Å². The summed E-state index contributed by atoms with van der Waals surface area (Å²) in [5, 5.41) is 5.94. The van der Waals surface area contributed by atoms with E-state index in [2.05, 4.69) is 10.4 Å². The lowest BCUT2D eigenvalue weighted by atomic mass is 10.6. The fraction of sp³-hybridized carbons (Fsp3) is 0.333. The number of hydrogen-bond acceptors (Lipinski definition) is 5. The second-order valence-electron chi connectivity index (χ2n) is 2.29. The highest BCUT2D eigenvalue weighted by molar-refractivity contribution is 5.74. The molecule has 7 nitrogen and oxygen atoms in total. The van der Waals surface area contributed by atoms with E-state index < -0.39 is 17.2 Å². The number of H-pyrrole nitrogens is 1. The fourth-order valence-electron chi connectivity index (χ4n) is 0.777. The third-order valence-corrected chi connectivity index (χ3v) is 1.36. The molecule has 70 valence electrons. The van der Waals surface area contributed by atoms with Gasteiger partial charge in [-0.1, -0.05) is 0 Å². The number of nitrogens with one attached hydrogen (secondary N) is 2. The van der Waals surface area contributed by atoms with Crippen molar-refractivity contribution < 1.29 is 4.79 Å². The van der Waals surface area contributed by atoms with E-state index in [0.717, 1.165) is 0 Å². The minimum Gasteiger partial charge on any atom is -0.367 e. The molecule has 0 radical (unpaired) electrons. The van der Waals surface area contributed by atoms with Gasteiger partial charge in [0.2, 0.25) is 11.7 Å². The Labute approximate surface area is 72.4 Å². The molecular formula is C6H8N4O3. The van der Waals surface area contributed by atoms with Crippen molar-refractivity contribution in [2.75, 3.05) is 12.4 Å². The number of anilines is 1. The summed E-state index contributed by atoms with van der Waals surface area (Å²) in [5.74, 6) is -0.632. The normalized spacial score (nSPS) is 9.69. The quantitative estimate of drug-likeness (QED) is 0.561. The lowest BCUT2D eigenvalue weighted by molar-refractivity contribution is 0.0913. The summed E-state index contributed by atoms with van der Waals surface area (Å²) >= 11 is 0. The Morgan fingerprint density at radius 1 is 1.54 bits per heavy atom. The van der Waals surface area contributed by atoms with Gasteiger partial charge in [0, 0.05) is 14.0 Å². The number of rotatable bonds is 1. The molecule has 0 saturated carbocycles. The zero-order valence-corrected chi connectivity index (χ0v) is 7.12. The van der Waals surface area contributed by atoms with Gasteiger partial charge in [-0.2, -0.15) is 0 Å². The Morgan fingerprint density at radius 3 is 2.62 bits per heavy atom. The number of aromatic amines is 1. The molecule has 0 spiro atoms. The maximum Gasteiger partial charge on any atom is 0.352 e. The van der Waals surface area contributed by atoms with Crippen LogP contribution in [0, 0.1) is 0 Å². The maximum absolute atomic E-state index is 10.9. The number of hydrogen-bond donors (Lipinski definition) is 2. The number of carbonyl (C=O) groups excluding carboxylic acids is 1. The lowest BCUT2D eigenvalue weighted by Crippen LogP contribution is -2.36. The molecule has 1 rings (SSSR count). The topological polar surface area (TPSA) is 96.8 Å². The Balaban J connectivity index is 3.48. The van der Waals surface area contributed by atoms with Crippen LogP contribution in [0.1, 0.15) is 11.7 Å². The third-order valence-electron chi connectivity index (χ3n) is 1.36. The summed E-state index contributed by atoms with van der Waals surface area (Å²) < 4.78 is 0.577. The van der Waals surface area contributed by atoms with Gasteiger partial charge >= 0.3 is 5.69 Å². The van der Waals surface area contributed by atoms with Gasteiger partial charge in [-0.25, -0.2) is 4.79 Å². The van der Waals surface area contributed by atoms with Crippen molar-refractivity contribution in [3.05, 3.63) is 20.8 Å². The van der Waals surface area contributed by atoms with E-state index in [0.29, 0.717) is 4.68 Å². The first kappa shape index (κ1) is 9.17. The van der Waals surface area contributed by atoms with Gasteiger partial charge in [0.15, 0.2) is 0 Å². The van der Waals surface area contributed by atoms with E-state index in [-0.39, 0.29) is 5.82 Å². The van der Waals surface area contributed by atoms with Crippen LogP contribution in [0.3, 0.4) is 0 Å². The van der Waals surface area contributed by atoms with Gasteiger partial charge in [0.25, 0.3) is 5.56 Å². The molecule has 0 aliphatic heterocycles. The SMILES string of the molecule is CNc1nn(C(C)=O)c(=O)[nH]c1=O. The predicted molar refractivity (Wildman–Crippen MR) is 45.0 cm³/mol. The molecule has 0 bridgehead atoms. The number of nitrogens with zero attached hydrogens (tertiary/aromatic N) is 2. The molecule has 0 aliphatic rings. The Morgan fingerprint density at radius 2 is 2.15 bits per heavy atom. The number of aromatic nitrogens is 3. The van der Waals surface area contributed by atoms with Crippen LogP contribution in [0.2, 0.25) is 0 Å². The second kappa shape index (κ2) is 3.21. The summed E-state index contributed by atoms with van der Waals surface area (Å²) in [6.45, 7) is 1.17.